The average Bonchev–Trinajstić information content (AvgIpc) is 3.66. The largest absolute Gasteiger partial charge is 0.405 e. The van der Waals surface area contributed by atoms with E-state index >= 15 is 0 Å². The Labute approximate surface area is 282 Å². The highest BCUT2D eigenvalue weighted by Crippen LogP contribution is 2.47. The molecule has 0 aromatic carbocycles. The van der Waals surface area contributed by atoms with Crippen LogP contribution in [0.1, 0.15) is 188 Å². The third-order valence-corrected chi connectivity index (χ3v) is 12.2. The number of nitrogens with zero attached hydrogens (tertiary/aromatic N) is 1. The lowest BCUT2D eigenvalue weighted by Gasteiger charge is -2.26. The monoisotopic (exact) mass is 655 g/mol. The predicted molar refractivity (Wildman–Crippen MR) is 196 cm³/mol. The number of hydrogen-bond donors (Lipinski definition) is 1. The van der Waals surface area contributed by atoms with Gasteiger partial charge in [0.1, 0.15) is 0 Å². The van der Waals surface area contributed by atoms with Crippen molar-refractivity contribution in [3.8, 4) is 0 Å². The third kappa shape index (κ3) is 20.9. The fourth-order valence-electron chi connectivity index (χ4n) is 7.33. The summed E-state index contributed by atoms with van der Waals surface area (Å²) in [5.41, 5.74) is 0. The molecule has 5 nitrogen and oxygen atoms in total. The first kappa shape index (κ1) is 41.2. The molecule has 0 amide bonds. The first-order chi connectivity index (χ1) is 22.0. The molecular formula is C39H79N2O3P. The zero-order chi connectivity index (χ0) is 32.4. The van der Waals surface area contributed by atoms with Crippen LogP contribution in [0, 0.1) is 23.7 Å². The fourth-order valence-corrected chi connectivity index (χ4v) is 8.77. The summed E-state index contributed by atoms with van der Waals surface area (Å²) in [5, 5.41) is 3.37. The van der Waals surface area contributed by atoms with Crippen molar-refractivity contribution in [2.45, 2.75) is 188 Å². The maximum absolute atomic E-state index is 14.3. The second-order valence-corrected chi connectivity index (χ2v) is 16.9. The minimum Gasteiger partial charge on any atom is -0.301 e. The number of unbranched alkanes of at least 4 members (excludes halogenated alkanes) is 16. The van der Waals surface area contributed by atoms with Gasteiger partial charge in [-0.25, -0.2) is 9.65 Å². The molecule has 0 radical (unpaired) electrons. The van der Waals surface area contributed by atoms with Crippen molar-refractivity contribution in [3.63, 3.8) is 0 Å². The van der Waals surface area contributed by atoms with Gasteiger partial charge >= 0.3 is 7.75 Å². The third-order valence-electron chi connectivity index (χ3n) is 10.6. The lowest BCUT2D eigenvalue weighted by Crippen LogP contribution is -2.32. The van der Waals surface area contributed by atoms with E-state index in [-0.39, 0.29) is 0 Å². The van der Waals surface area contributed by atoms with E-state index < -0.39 is 7.75 Å². The Hall–Kier alpha value is 0.0700. The van der Waals surface area contributed by atoms with Gasteiger partial charge in [-0.05, 0) is 55.8 Å². The molecule has 0 spiro atoms. The number of rotatable bonds is 34. The molecule has 4 atom stereocenters. The van der Waals surface area contributed by atoms with Crippen molar-refractivity contribution in [2.75, 3.05) is 39.4 Å². The van der Waals surface area contributed by atoms with Crippen LogP contribution < -0.4 is 5.09 Å². The van der Waals surface area contributed by atoms with Crippen molar-refractivity contribution < 1.29 is 13.6 Å². The molecule has 0 aromatic rings. The molecule has 4 unspecified atom stereocenters. The lowest BCUT2D eigenvalue weighted by atomic mass is 9.95. The topological polar surface area (TPSA) is 50.8 Å². The first-order valence-electron chi connectivity index (χ1n) is 20.4. The number of hydrogen-bond acceptors (Lipinski definition) is 4. The zero-order valence-corrected chi connectivity index (χ0v) is 31.7. The molecule has 0 aromatic heterocycles. The normalized spacial score (nSPS) is 20.7. The van der Waals surface area contributed by atoms with Crippen molar-refractivity contribution in [2.24, 2.45) is 23.7 Å². The van der Waals surface area contributed by atoms with Crippen molar-refractivity contribution in [3.05, 3.63) is 0 Å². The maximum atomic E-state index is 14.3. The molecular weight excluding hydrogens is 575 g/mol. The molecule has 1 aliphatic carbocycles. The second-order valence-electron chi connectivity index (χ2n) is 15.1. The van der Waals surface area contributed by atoms with Gasteiger partial charge in [-0.15, -0.1) is 0 Å². The van der Waals surface area contributed by atoms with E-state index in [2.05, 4.69) is 37.7 Å². The van der Waals surface area contributed by atoms with E-state index in [9.17, 15) is 4.57 Å². The van der Waals surface area contributed by atoms with Gasteiger partial charge in [-0.2, -0.15) is 0 Å². The van der Waals surface area contributed by atoms with E-state index in [1.807, 2.05) is 0 Å². The molecule has 1 saturated carbocycles. The SMILES string of the molecule is CCCCCCCCC(CCCCCC)COP(=O)(NCCN1CC2CC2C1)OCC(CCCCCC)CCCCCCCC. The summed E-state index contributed by atoms with van der Waals surface area (Å²) in [6.07, 6.45) is 32.3. The molecule has 0 bridgehead atoms. The minimum absolute atomic E-state index is 0.477. The van der Waals surface area contributed by atoms with Gasteiger partial charge < -0.3 is 4.90 Å². The van der Waals surface area contributed by atoms with Gasteiger partial charge in [-0.1, -0.05) is 156 Å². The van der Waals surface area contributed by atoms with Crippen molar-refractivity contribution >= 4 is 7.75 Å². The Kier molecular flexibility index (Phi) is 24.7. The van der Waals surface area contributed by atoms with Crippen LogP contribution in [0.25, 0.3) is 0 Å². The van der Waals surface area contributed by atoms with Crippen LogP contribution in [0.3, 0.4) is 0 Å². The van der Waals surface area contributed by atoms with E-state index in [0.29, 0.717) is 31.6 Å². The van der Waals surface area contributed by atoms with Crippen molar-refractivity contribution in [1.29, 1.82) is 0 Å². The average molecular weight is 655 g/mol. The number of likely N-dealkylation sites (tertiary alicyclic amines) is 1. The highest BCUT2D eigenvalue weighted by atomic mass is 31.2. The highest BCUT2D eigenvalue weighted by molar-refractivity contribution is 7.51. The van der Waals surface area contributed by atoms with Gasteiger partial charge in [0, 0.05) is 26.2 Å². The lowest BCUT2D eigenvalue weighted by molar-refractivity contribution is 0.139. The Morgan fingerprint density at radius 2 is 0.933 bits per heavy atom. The molecule has 2 fully saturated rings. The van der Waals surface area contributed by atoms with E-state index in [1.54, 1.807) is 0 Å². The quantitative estimate of drug-likeness (QED) is 0.0553. The van der Waals surface area contributed by atoms with Gasteiger partial charge in [-0.3, -0.25) is 9.05 Å². The van der Waals surface area contributed by atoms with Gasteiger partial charge in [0.25, 0.3) is 0 Å². The van der Waals surface area contributed by atoms with Gasteiger partial charge in [0.2, 0.25) is 0 Å². The maximum Gasteiger partial charge on any atom is 0.405 e. The van der Waals surface area contributed by atoms with E-state index in [1.165, 1.54) is 174 Å². The molecule has 1 heterocycles. The van der Waals surface area contributed by atoms with Crippen LogP contribution in [-0.2, 0) is 13.6 Å². The van der Waals surface area contributed by atoms with Gasteiger partial charge in [0.15, 0.2) is 0 Å². The Balaban J connectivity index is 1.94. The Bertz CT molecular complexity index is 672. The standard InChI is InChI=1S/C39H79N2O3P/c1-5-9-13-17-19-23-27-36(25-21-15-11-7-3)34-43-45(42,40-29-30-41-32-38-31-39(38)33-41)44-35-37(26-22-16-12-8-4)28-24-20-18-14-10-6-2/h36-39H,5-35H2,1-4H3,(H,40,42). The summed E-state index contributed by atoms with van der Waals surface area (Å²) in [5.74, 6) is 2.81. The smallest absolute Gasteiger partial charge is 0.301 e. The van der Waals surface area contributed by atoms with Crippen LogP contribution in [-0.4, -0.2) is 44.3 Å². The summed E-state index contributed by atoms with van der Waals surface area (Å²) in [6.45, 7) is 14.3. The molecule has 6 heteroatoms. The fraction of sp³-hybridized carbons (Fsp3) is 1.00. The molecule has 2 aliphatic rings. The van der Waals surface area contributed by atoms with Gasteiger partial charge in [0.05, 0.1) is 13.2 Å². The van der Waals surface area contributed by atoms with Crippen LogP contribution in [0.15, 0.2) is 0 Å². The van der Waals surface area contributed by atoms with Crippen molar-refractivity contribution in [1.82, 2.24) is 9.99 Å². The number of nitrogens with one attached hydrogen (secondary N) is 1. The second kappa shape index (κ2) is 27.0. The molecule has 1 N–H and O–H groups in total. The van der Waals surface area contributed by atoms with Crippen LogP contribution in [0.2, 0.25) is 0 Å². The molecule has 1 aliphatic heterocycles. The summed E-state index contributed by atoms with van der Waals surface area (Å²) in [6, 6.07) is 0. The highest BCUT2D eigenvalue weighted by Gasteiger charge is 2.44. The van der Waals surface area contributed by atoms with E-state index in [0.717, 1.165) is 18.4 Å². The predicted octanol–water partition coefficient (Wildman–Crippen LogP) is 12.3. The summed E-state index contributed by atoms with van der Waals surface area (Å²) in [7, 11) is -3.36. The number of piperidine rings is 1. The van der Waals surface area contributed by atoms with Crippen LogP contribution in [0.4, 0.5) is 0 Å². The Morgan fingerprint density at radius 1 is 0.578 bits per heavy atom. The summed E-state index contributed by atoms with van der Waals surface area (Å²) in [4.78, 5) is 2.54. The molecule has 45 heavy (non-hydrogen) atoms. The minimum atomic E-state index is -3.36. The number of fused-ring (bicyclic) bond motifs is 1. The Morgan fingerprint density at radius 3 is 1.33 bits per heavy atom. The van der Waals surface area contributed by atoms with Crippen LogP contribution >= 0.6 is 7.75 Å². The first-order valence-corrected chi connectivity index (χ1v) is 21.9. The summed E-state index contributed by atoms with van der Waals surface area (Å²) < 4.78 is 27.2. The van der Waals surface area contributed by atoms with E-state index in [4.69, 9.17) is 9.05 Å². The van der Waals surface area contributed by atoms with Crippen LogP contribution in [0.5, 0.6) is 0 Å². The summed E-state index contributed by atoms with van der Waals surface area (Å²) >= 11 is 0. The zero-order valence-electron chi connectivity index (χ0n) is 30.8. The molecule has 2 rings (SSSR count). The molecule has 268 valence electrons. The molecule has 1 saturated heterocycles.